The fourth-order valence-electron chi connectivity index (χ4n) is 1.65. The minimum absolute atomic E-state index is 0.261. The molecule has 2 N–H and O–H groups in total. The largest absolute Gasteiger partial charge is 0.479 e. The first-order valence-corrected chi connectivity index (χ1v) is 4.85. The van der Waals surface area contributed by atoms with E-state index in [1.165, 1.54) is 7.11 Å². The Labute approximate surface area is 84.9 Å². The van der Waals surface area contributed by atoms with E-state index < -0.39 is 11.6 Å². The van der Waals surface area contributed by atoms with Gasteiger partial charge in [0.15, 0.2) is 5.60 Å². The van der Waals surface area contributed by atoms with E-state index in [1.54, 1.807) is 13.8 Å². The second-order valence-electron chi connectivity index (χ2n) is 3.85. The molecule has 0 radical (unpaired) electrons. The number of ether oxygens (including phenoxy) is 1. The third kappa shape index (κ3) is 2.45. The van der Waals surface area contributed by atoms with E-state index >= 15 is 0 Å². The van der Waals surface area contributed by atoms with Crippen molar-refractivity contribution in [1.29, 1.82) is 0 Å². The summed E-state index contributed by atoms with van der Waals surface area (Å²) in [6, 6.07) is 0. The highest BCUT2D eigenvalue weighted by Crippen LogP contribution is 2.29. The molecule has 0 aromatic heterocycles. The fourth-order valence-corrected chi connectivity index (χ4v) is 1.65. The number of carbonyl (C=O) groups is 1. The van der Waals surface area contributed by atoms with Crippen LogP contribution in [-0.2, 0) is 9.53 Å². The van der Waals surface area contributed by atoms with Crippen LogP contribution in [0.4, 0.5) is 0 Å². The predicted octanol–water partition coefficient (Wildman–Crippen LogP) is 1.13. The van der Waals surface area contributed by atoms with Crippen LogP contribution >= 0.6 is 0 Å². The minimum atomic E-state index is -1.69. The molecule has 84 valence electrons. The Bertz CT molecular complexity index is 191. The summed E-state index contributed by atoms with van der Waals surface area (Å²) in [7, 11) is 1.51. The molecule has 0 amide bonds. The maximum atomic E-state index is 11.0. The zero-order valence-corrected chi connectivity index (χ0v) is 9.28. The number of rotatable bonds is 6. The molecule has 2 atom stereocenters. The summed E-state index contributed by atoms with van der Waals surface area (Å²) in [5, 5.41) is 19.1. The summed E-state index contributed by atoms with van der Waals surface area (Å²) < 4.78 is 4.92. The van der Waals surface area contributed by atoms with Crippen LogP contribution in [0.25, 0.3) is 0 Å². The van der Waals surface area contributed by atoms with Crippen LogP contribution in [-0.4, -0.2) is 35.5 Å². The summed E-state index contributed by atoms with van der Waals surface area (Å²) in [6.45, 7) is 5.51. The van der Waals surface area contributed by atoms with Crippen LogP contribution in [0.15, 0.2) is 0 Å². The monoisotopic (exact) mass is 204 g/mol. The summed E-state index contributed by atoms with van der Waals surface area (Å²) >= 11 is 0. The van der Waals surface area contributed by atoms with Gasteiger partial charge in [0.2, 0.25) is 0 Å². The fraction of sp³-hybridized carbons (Fsp3) is 0.900. The van der Waals surface area contributed by atoms with E-state index in [9.17, 15) is 9.90 Å². The lowest BCUT2D eigenvalue weighted by Gasteiger charge is -2.34. The molecule has 0 aromatic rings. The van der Waals surface area contributed by atoms with Crippen molar-refractivity contribution in [3.63, 3.8) is 0 Å². The van der Waals surface area contributed by atoms with Gasteiger partial charge >= 0.3 is 5.97 Å². The molecule has 4 nitrogen and oxygen atoms in total. The molecule has 0 spiro atoms. The molecular formula is C10H20O4. The van der Waals surface area contributed by atoms with Gasteiger partial charge in [-0.25, -0.2) is 4.79 Å². The van der Waals surface area contributed by atoms with E-state index in [0.717, 1.165) is 0 Å². The quantitative estimate of drug-likeness (QED) is 0.680. The van der Waals surface area contributed by atoms with E-state index in [4.69, 9.17) is 9.84 Å². The number of carboxylic acids is 1. The topological polar surface area (TPSA) is 66.8 Å². The van der Waals surface area contributed by atoms with Gasteiger partial charge in [-0.05, 0) is 12.3 Å². The Kier molecular flexibility index (Phi) is 5.08. The Morgan fingerprint density at radius 3 is 2.21 bits per heavy atom. The van der Waals surface area contributed by atoms with Gasteiger partial charge in [-0.3, -0.25) is 0 Å². The molecule has 0 aromatic carbocycles. The highest BCUT2D eigenvalue weighted by Gasteiger charge is 2.45. The Morgan fingerprint density at radius 1 is 1.50 bits per heavy atom. The molecular weight excluding hydrogens is 184 g/mol. The van der Waals surface area contributed by atoms with Crippen LogP contribution in [0, 0.1) is 11.8 Å². The molecule has 0 heterocycles. The predicted molar refractivity (Wildman–Crippen MR) is 53.1 cm³/mol. The maximum absolute atomic E-state index is 11.0. The van der Waals surface area contributed by atoms with Crippen molar-refractivity contribution in [2.24, 2.45) is 11.8 Å². The van der Waals surface area contributed by atoms with Crippen LogP contribution in [0.2, 0.25) is 0 Å². The number of methoxy groups -OCH3 is 1. The van der Waals surface area contributed by atoms with E-state index in [1.807, 2.05) is 6.92 Å². The Balaban J connectivity index is 4.86. The van der Waals surface area contributed by atoms with Crippen molar-refractivity contribution in [2.75, 3.05) is 13.7 Å². The van der Waals surface area contributed by atoms with Crippen molar-refractivity contribution >= 4 is 5.97 Å². The number of aliphatic hydroxyl groups is 1. The van der Waals surface area contributed by atoms with E-state index in [0.29, 0.717) is 6.42 Å². The highest BCUT2D eigenvalue weighted by molar-refractivity contribution is 5.78. The molecule has 0 saturated carbocycles. The summed E-state index contributed by atoms with van der Waals surface area (Å²) in [5.41, 5.74) is -1.69. The zero-order valence-electron chi connectivity index (χ0n) is 9.28. The minimum Gasteiger partial charge on any atom is -0.479 e. The first-order valence-electron chi connectivity index (χ1n) is 4.85. The number of hydrogen-bond acceptors (Lipinski definition) is 3. The SMILES string of the molecule is CCC(COC)C(O)(C(=O)O)C(C)C. The van der Waals surface area contributed by atoms with Crippen molar-refractivity contribution < 1.29 is 19.7 Å². The lowest BCUT2D eigenvalue weighted by molar-refractivity contribution is -0.175. The number of aliphatic carboxylic acids is 1. The number of hydrogen-bond donors (Lipinski definition) is 2. The van der Waals surface area contributed by atoms with Gasteiger partial charge in [0.25, 0.3) is 0 Å². The number of carboxylic acid groups (broad SMARTS) is 1. The average molecular weight is 204 g/mol. The smallest absolute Gasteiger partial charge is 0.336 e. The molecule has 2 unspecified atom stereocenters. The van der Waals surface area contributed by atoms with Crippen molar-refractivity contribution in [3.8, 4) is 0 Å². The van der Waals surface area contributed by atoms with E-state index in [2.05, 4.69) is 0 Å². The van der Waals surface area contributed by atoms with Crippen molar-refractivity contribution in [1.82, 2.24) is 0 Å². The maximum Gasteiger partial charge on any atom is 0.336 e. The molecule has 0 aliphatic rings. The zero-order chi connectivity index (χ0) is 11.4. The van der Waals surface area contributed by atoms with Gasteiger partial charge in [0.1, 0.15) is 0 Å². The molecule has 0 saturated heterocycles. The van der Waals surface area contributed by atoms with Crippen LogP contribution < -0.4 is 0 Å². The first-order chi connectivity index (χ1) is 6.41. The molecule has 0 aliphatic heterocycles. The van der Waals surface area contributed by atoms with Crippen molar-refractivity contribution in [2.45, 2.75) is 32.8 Å². The highest BCUT2D eigenvalue weighted by atomic mass is 16.5. The van der Waals surface area contributed by atoms with Gasteiger partial charge in [0.05, 0.1) is 6.61 Å². The van der Waals surface area contributed by atoms with Gasteiger partial charge in [-0.2, -0.15) is 0 Å². The molecule has 14 heavy (non-hydrogen) atoms. The van der Waals surface area contributed by atoms with Gasteiger partial charge in [-0.1, -0.05) is 20.8 Å². The molecule has 0 rings (SSSR count). The molecule has 0 fully saturated rings. The standard InChI is InChI=1S/C10H20O4/c1-5-8(6-14-4)10(13,7(2)3)9(11)12/h7-8,13H,5-6H2,1-4H3,(H,11,12). The molecule has 0 bridgehead atoms. The van der Waals surface area contributed by atoms with Crippen LogP contribution in [0.3, 0.4) is 0 Å². The van der Waals surface area contributed by atoms with Gasteiger partial charge in [-0.15, -0.1) is 0 Å². The molecule has 4 heteroatoms. The first kappa shape index (κ1) is 13.4. The second kappa shape index (κ2) is 5.32. The Hall–Kier alpha value is -0.610. The summed E-state index contributed by atoms with van der Waals surface area (Å²) in [4.78, 5) is 11.0. The lowest BCUT2D eigenvalue weighted by atomic mass is 9.77. The molecule has 0 aliphatic carbocycles. The third-order valence-electron chi connectivity index (χ3n) is 2.71. The summed E-state index contributed by atoms with van der Waals surface area (Å²) in [6.07, 6.45) is 0.578. The normalized spacial score (nSPS) is 17.9. The van der Waals surface area contributed by atoms with Gasteiger partial charge < -0.3 is 14.9 Å². The summed E-state index contributed by atoms with van der Waals surface area (Å²) in [5.74, 6) is -1.87. The third-order valence-corrected chi connectivity index (χ3v) is 2.71. The lowest BCUT2D eigenvalue weighted by Crippen LogP contribution is -2.51. The average Bonchev–Trinajstić information content (AvgIpc) is 2.12. The van der Waals surface area contributed by atoms with Crippen molar-refractivity contribution in [3.05, 3.63) is 0 Å². The van der Waals surface area contributed by atoms with E-state index in [-0.39, 0.29) is 18.4 Å². The Morgan fingerprint density at radius 2 is 2.00 bits per heavy atom. The van der Waals surface area contributed by atoms with Crippen LogP contribution in [0.5, 0.6) is 0 Å². The second-order valence-corrected chi connectivity index (χ2v) is 3.85. The van der Waals surface area contributed by atoms with Gasteiger partial charge in [0, 0.05) is 13.0 Å². The van der Waals surface area contributed by atoms with Crippen LogP contribution in [0.1, 0.15) is 27.2 Å².